The van der Waals surface area contributed by atoms with Crippen LogP contribution in [0.5, 0.6) is 0 Å². The van der Waals surface area contributed by atoms with Gasteiger partial charge in [0.25, 0.3) is 0 Å². The summed E-state index contributed by atoms with van der Waals surface area (Å²) in [4.78, 5) is 3.52. The third kappa shape index (κ3) is 2.70. The molecule has 0 amide bonds. The quantitative estimate of drug-likeness (QED) is 0.734. The van der Waals surface area contributed by atoms with Crippen LogP contribution in [-0.4, -0.2) is 4.98 Å². The molecule has 0 spiro atoms. The lowest BCUT2D eigenvalue weighted by Gasteiger charge is -2.13. The van der Waals surface area contributed by atoms with E-state index in [-0.39, 0.29) is 11.5 Å². The number of nitrogens with zero attached hydrogens (tertiary/aromatic N) is 1. The minimum atomic E-state index is -4.35. The molecule has 0 aliphatic carbocycles. The maximum absolute atomic E-state index is 12.5. The van der Waals surface area contributed by atoms with Crippen LogP contribution in [-0.2, 0) is 12.6 Å². The Balaban J connectivity index is 3.21. The molecule has 1 aromatic heterocycles. The van der Waals surface area contributed by atoms with Crippen molar-refractivity contribution in [2.45, 2.75) is 39.3 Å². The van der Waals surface area contributed by atoms with Gasteiger partial charge in [-0.25, -0.2) is 0 Å². The Labute approximate surface area is 87.3 Å². The zero-order valence-electron chi connectivity index (χ0n) is 9.02. The van der Waals surface area contributed by atoms with E-state index < -0.39 is 11.9 Å². The topological polar surface area (TPSA) is 12.9 Å². The van der Waals surface area contributed by atoms with E-state index in [0.29, 0.717) is 6.42 Å². The molecule has 1 nitrogen and oxygen atoms in total. The minimum Gasteiger partial charge on any atom is -0.251 e. The van der Waals surface area contributed by atoms with Crippen molar-refractivity contribution in [3.63, 3.8) is 0 Å². The van der Waals surface area contributed by atoms with Gasteiger partial charge in [-0.15, -0.1) is 0 Å². The molecule has 0 saturated heterocycles. The van der Waals surface area contributed by atoms with Crippen LogP contribution in [0.4, 0.5) is 13.2 Å². The molecule has 0 fully saturated rings. The lowest BCUT2D eigenvalue weighted by molar-refractivity contribution is -0.141. The maximum atomic E-state index is 12.5. The molecular formula is C11H14F3N. The second-order valence-electron chi connectivity index (χ2n) is 3.78. The third-order valence-electron chi connectivity index (χ3n) is 2.30. The largest absolute Gasteiger partial charge is 0.433 e. The summed E-state index contributed by atoms with van der Waals surface area (Å²) in [5.74, 6) is 0.199. The zero-order valence-corrected chi connectivity index (χ0v) is 9.02. The monoisotopic (exact) mass is 217 g/mol. The molecule has 0 aromatic carbocycles. The number of halogens is 3. The summed E-state index contributed by atoms with van der Waals surface area (Å²) in [5, 5.41) is 0. The predicted molar refractivity (Wildman–Crippen MR) is 52.7 cm³/mol. The Morgan fingerprint density at radius 2 is 1.93 bits per heavy atom. The molecule has 0 aliphatic heterocycles. The van der Waals surface area contributed by atoms with Crippen molar-refractivity contribution in [1.82, 2.24) is 4.98 Å². The van der Waals surface area contributed by atoms with E-state index in [1.54, 1.807) is 13.0 Å². The van der Waals surface area contributed by atoms with Crippen molar-refractivity contribution >= 4 is 0 Å². The lowest BCUT2D eigenvalue weighted by atomic mass is 10.0. The van der Waals surface area contributed by atoms with E-state index in [1.165, 1.54) is 6.20 Å². The van der Waals surface area contributed by atoms with Gasteiger partial charge in [-0.2, -0.15) is 13.2 Å². The molecule has 0 aliphatic rings. The molecule has 0 bridgehead atoms. The van der Waals surface area contributed by atoms with Crippen molar-refractivity contribution < 1.29 is 13.2 Å². The maximum Gasteiger partial charge on any atom is 0.433 e. The van der Waals surface area contributed by atoms with Gasteiger partial charge in [0.05, 0.1) is 0 Å². The number of aromatic nitrogens is 1. The van der Waals surface area contributed by atoms with Crippen molar-refractivity contribution in [3.05, 3.63) is 29.1 Å². The first-order valence-electron chi connectivity index (χ1n) is 4.92. The van der Waals surface area contributed by atoms with E-state index in [2.05, 4.69) is 4.98 Å². The number of hydrogen-bond donors (Lipinski definition) is 0. The number of aryl methyl sites for hydroxylation is 1. The van der Waals surface area contributed by atoms with E-state index >= 15 is 0 Å². The molecule has 1 rings (SSSR count). The number of rotatable bonds is 2. The molecule has 0 radical (unpaired) electrons. The van der Waals surface area contributed by atoms with Gasteiger partial charge in [0.1, 0.15) is 5.69 Å². The molecule has 1 aromatic rings. The van der Waals surface area contributed by atoms with Crippen molar-refractivity contribution in [2.75, 3.05) is 0 Å². The van der Waals surface area contributed by atoms with Gasteiger partial charge in [0.15, 0.2) is 0 Å². The van der Waals surface area contributed by atoms with Crippen molar-refractivity contribution in [3.8, 4) is 0 Å². The summed E-state index contributed by atoms with van der Waals surface area (Å²) in [6, 6.07) is 1.60. The predicted octanol–water partition coefficient (Wildman–Crippen LogP) is 3.79. The van der Waals surface area contributed by atoms with Gasteiger partial charge < -0.3 is 0 Å². The van der Waals surface area contributed by atoms with Crippen molar-refractivity contribution in [2.24, 2.45) is 0 Å². The van der Waals surface area contributed by atoms with Gasteiger partial charge in [-0.05, 0) is 23.5 Å². The smallest absolute Gasteiger partial charge is 0.251 e. The zero-order chi connectivity index (χ0) is 11.6. The summed E-state index contributed by atoms with van der Waals surface area (Å²) >= 11 is 0. The van der Waals surface area contributed by atoms with E-state index in [1.807, 2.05) is 13.8 Å². The molecule has 0 saturated carbocycles. The van der Waals surface area contributed by atoms with Crippen LogP contribution in [0.1, 0.15) is 43.5 Å². The van der Waals surface area contributed by atoms with Crippen LogP contribution >= 0.6 is 0 Å². The van der Waals surface area contributed by atoms with Crippen LogP contribution in [0.15, 0.2) is 12.3 Å². The molecule has 84 valence electrons. The molecule has 4 heteroatoms. The number of alkyl halides is 3. The van der Waals surface area contributed by atoms with E-state index in [9.17, 15) is 13.2 Å². The average molecular weight is 217 g/mol. The fraction of sp³-hybridized carbons (Fsp3) is 0.545. The molecular weight excluding hydrogens is 203 g/mol. The molecule has 15 heavy (non-hydrogen) atoms. The first-order valence-corrected chi connectivity index (χ1v) is 4.92. The second-order valence-corrected chi connectivity index (χ2v) is 3.78. The highest BCUT2D eigenvalue weighted by Gasteiger charge is 2.34. The van der Waals surface area contributed by atoms with E-state index in [4.69, 9.17) is 0 Å². The standard InChI is InChI=1S/C11H14F3N/c1-4-8-5-9(7(2)3)6-15-10(8)11(12,13)14/h5-7H,4H2,1-3H3. The first kappa shape index (κ1) is 12.0. The number of hydrogen-bond acceptors (Lipinski definition) is 1. The molecule has 0 N–H and O–H groups in total. The van der Waals surface area contributed by atoms with Crippen LogP contribution in [0, 0.1) is 0 Å². The van der Waals surface area contributed by atoms with Crippen molar-refractivity contribution in [1.29, 1.82) is 0 Å². The summed E-state index contributed by atoms with van der Waals surface area (Å²) < 4.78 is 37.5. The fourth-order valence-electron chi connectivity index (χ4n) is 1.37. The van der Waals surface area contributed by atoms with Crippen LogP contribution < -0.4 is 0 Å². The number of pyridine rings is 1. The van der Waals surface area contributed by atoms with Gasteiger partial charge in [-0.3, -0.25) is 4.98 Å². The Morgan fingerprint density at radius 3 is 2.33 bits per heavy atom. The lowest BCUT2D eigenvalue weighted by Crippen LogP contribution is -2.12. The normalized spacial score (nSPS) is 12.2. The summed E-state index contributed by atoms with van der Waals surface area (Å²) in [6.45, 7) is 5.57. The van der Waals surface area contributed by atoms with Crippen LogP contribution in [0.25, 0.3) is 0 Å². The average Bonchev–Trinajstić information content (AvgIpc) is 2.15. The summed E-state index contributed by atoms with van der Waals surface area (Å²) in [7, 11) is 0. The highest BCUT2D eigenvalue weighted by Crippen LogP contribution is 2.31. The Bertz CT molecular complexity index is 342. The SMILES string of the molecule is CCc1cc(C(C)C)cnc1C(F)(F)F. The Kier molecular flexibility index (Phi) is 3.37. The second kappa shape index (κ2) is 4.21. The molecule has 1 heterocycles. The first-order chi connectivity index (χ1) is 6.86. The van der Waals surface area contributed by atoms with Crippen LogP contribution in [0.3, 0.4) is 0 Å². The molecule has 0 unspecified atom stereocenters. The minimum absolute atomic E-state index is 0.199. The van der Waals surface area contributed by atoms with Gasteiger partial charge >= 0.3 is 6.18 Å². The van der Waals surface area contributed by atoms with Gasteiger partial charge in [0, 0.05) is 6.20 Å². The Hall–Kier alpha value is -1.06. The summed E-state index contributed by atoms with van der Waals surface area (Å²) in [6.07, 6.45) is -2.68. The highest BCUT2D eigenvalue weighted by atomic mass is 19.4. The summed E-state index contributed by atoms with van der Waals surface area (Å²) in [5.41, 5.74) is 0.364. The van der Waals surface area contributed by atoms with Gasteiger partial charge in [0.2, 0.25) is 0 Å². The van der Waals surface area contributed by atoms with E-state index in [0.717, 1.165) is 5.56 Å². The highest BCUT2D eigenvalue weighted by molar-refractivity contribution is 5.28. The van der Waals surface area contributed by atoms with Gasteiger partial charge in [-0.1, -0.05) is 26.8 Å². The third-order valence-corrected chi connectivity index (χ3v) is 2.30. The fourth-order valence-corrected chi connectivity index (χ4v) is 1.37. The van der Waals surface area contributed by atoms with Crippen LogP contribution in [0.2, 0.25) is 0 Å². The Morgan fingerprint density at radius 1 is 1.33 bits per heavy atom. The molecule has 0 atom stereocenters.